The average Bonchev–Trinajstić information content (AvgIpc) is 3.53. The molecule has 5 rings (SSSR count). The molecule has 0 spiro atoms. The van der Waals surface area contributed by atoms with Crippen LogP contribution in [0.25, 0.3) is 21.7 Å². The van der Waals surface area contributed by atoms with E-state index in [0.29, 0.717) is 10.9 Å². The molecule has 1 aliphatic rings. The maximum atomic E-state index is 12.7. The number of fused-ring (bicyclic) bond motifs is 1. The minimum Gasteiger partial charge on any atom is -0.497 e. The number of carbonyl (C=O) groups excluding carboxylic acids is 1. The number of amides is 1. The van der Waals surface area contributed by atoms with Gasteiger partial charge in [0, 0.05) is 24.4 Å². The SMILES string of the molecule is COc1ccc2nc(N3CCC(C(=O)Nc4nc(-c5ccco5)cs4)CC3)sc2c1. The van der Waals surface area contributed by atoms with Gasteiger partial charge in [-0.1, -0.05) is 11.3 Å². The van der Waals surface area contributed by atoms with Crippen molar-refractivity contribution >= 4 is 49.1 Å². The molecule has 4 heterocycles. The number of hydrogen-bond donors (Lipinski definition) is 1. The van der Waals surface area contributed by atoms with Gasteiger partial charge in [-0.15, -0.1) is 11.3 Å². The monoisotopic (exact) mass is 440 g/mol. The van der Waals surface area contributed by atoms with E-state index in [4.69, 9.17) is 14.1 Å². The van der Waals surface area contributed by atoms with Crippen molar-refractivity contribution in [3.63, 3.8) is 0 Å². The Kier molecular flexibility index (Phi) is 5.14. The third kappa shape index (κ3) is 3.78. The summed E-state index contributed by atoms with van der Waals surface area (Å²) < 4.78 is 11.8. The van der Waals surface area contributed by atoms with Gasteiger partial charge >= 0.3 is 0 Å². The van der Waals surface area contributed by atoms with E-state index in [9.17, 15) is 4.79 Å². The van der Waals surface area contributed by atoms with E-state index >= 15 is 0 Å². The van der Waals surface area contributed by atoms with Gasteiger partial charge in [0.15, 0.2) is 16.0 Å². The zero-order valence-corrected chi connectivity index (χ0v) is 18.0. The molecule has 1 aliphatic heterocycles. The number of ether oxygens (including phenoxy) is 1. The molecule has 9 heteroatoms. The van der Waals surface area contributed by atoms with Crippen molar-refractivity contribution in [2.24, 2.45) is 5.92 Å². The Morgan fingerprint density at radius 3 is 2.90 bits per heavy atom. The van der Waals surface area contributed by atoms with E-state index in [1.807, 2.05) is 35.7 Å². The number of nitrogens with zero attached hydrogens (tertiary/aromatic N) is 3. The molecule has 3 aromatic heterocycles. The van der Waals surface area contributed by atoms with Gasteiger partial charge in [0.25, 0.3) is 0 Å². The molecule has 1 amide bonds. The fourth-order valence-corrected chi connectivity index (χ4v) is 5.31. The highest BCUT2D eigenvalue weighted by molar-refractivity contribution is 7.22. The molecular formula is C21H20N4O3S2. The summed E-state index contributed by atoms with van der Waals surface area (Å²) in [5, 5.41) is 6.46. The number of nitrogens with one attached hydrogen (secondary N) is 1. The van der Waals surface area contributed by atoms with Crippen LogP contribution in [0.4, 0.5) is 10.3 Å². The summed E-state index contributed by atoms with van der Waals surface area (Å²) in [7, 11) is 1.67. The van der Waals surface area contributed by atoms with Gasteiger partial charge in [-0.3, -0.25) is 4.79 Å². The number of hydrogen-bond acceptors (Lipinski definition) is 8. The molecule has 1 saturated heterocycles. The second-order valence-electron chi connectivity index (χ2n) is 7.10. The van der Waals surface area contributed by atoms with Crippen LogP contribution in [0.3, 0.4) is 0 Å². The predicted octanol–water partition coefficient (Wildman–Crippen LogP) is 4.88. The molecule has 0 unspecified atom stereocenters. The Balaban J connectivity index is 1.20. The number of methoxy groups -OCH3 is 1. The van der Waals surface area contributed by atoms with E-state index in [1.165, 1.54) is 11.3 Å². The van der Waals surface area contributed by atoms with Gasteiger partial charge in [0.2, 0.25) is 5.91 Å². The van der Waals surface area contributed by atoms with Crippen molar-refractivity contribution in [1.82, 2.24) is 9.97 Å². The first-order valence-electron chi connectivity index (χ1n) is 9.69. The summed E-state index contributed by atoms with van der Waals surface area (Å²) in [6.45, 7) is 1.62. The number of aromatic nitrogens is 2. The van der Waals surface area contributed by atoms with Crippen LogP contribution in [0.5, 0.6) is 5.75 Å². The second-order valence-corrected chi connectivity index (χ2v) is 8.96. The molecule has 4 aromatic rings. The van der Waals surface area contributed by atoms with E-state index in [-0.39, 0.29) is 11.8 Å². The highest BCUT2D eigenvalue weighted by Gasteiger charge is 2.27. The largest absolute Gasteiger partial charge is 0.497 e. The molecule has 7 nitrogen and oxygen atoms in total. The minimum absolute atomic E-state index is 0.0216. The Labute approximate surface area is 181 Å². The van der Waals surface area contributed by atoms with Crippen molar-refractivity contribution in [3.05, 3.63) is 42.0 Å². The van der Waals surface area contributed by atoms with Crippen molar-refractivity contribution in [1.29, 1.82) is 0 Å². The lowest BCUT2D eigenvalue weighted by Crippen LogP contribution is -2.38. The minimum atomic E-state index is -0.0216. The Bertz CT molecular complexity index is 1160. The average molecular weight is 441 g/mol. The molecule has 0 aliphatic carbocycles. The number of piperidine rings is 1. The Morgan fingerprint density at radius 1 is 1.27 bits per heavy atom. The van der Waals surface area contributed by atoms with Crippen LogP contribution in [0.15, 0.2) is 46.4 Å². The molecule has 0 bridgehead atoms. The number of benzene rings is 1. The molecule has 0 atom stereocenters. The zero-order chi connectivity index (χ0) is 20.5. The number of anilines is 2. The highest BCUT2D eigenvalue weighted by atomic mass is 32.1. The van der Waals surface area contributed by atoms with Crippen LogP contribution in [-0.2, 0) is 4.79 Å². The molecule has 1 N–H and O–H groups in total. The van der Waals surface area contributed by atoms with E-state index < -0.39 is 0 Å². The molecule has 0 radical (unpaired) electrons. The molecule has 0 saturated carbocycles. The van der Waals surface area contributed by atoms with Gasteiger partial charge in [0.1, 0.15) is 11.4 Å². The zero-order valence-electron chi connectivity index (χ0n) is 16.3. The van der Waals surface area contributed by atoms with Crippen LogP contribution in [0.1, 0.15) is 12.8 Å². The van der Waals surface area contributed by atoms with Crippen molar-refractivity contribution in [2.45, 2.75) is 12.8 Å². The first-order valence-corrected chi connectivity index (χ1v) is 11.4. The van der Waals surface area contributed by atoms with Crippen LogP contribution in [-0.4, -0.2) is 36.1 Å². The molecule has 1 fully saturated rings. The highest BCUT2D eigenvalue weighted by Crippen LogP contribution is 2.34. The van der Waals surface area contributed by atoms with Gasteiger partial charge in [0.05, 0.1) is 23.6 Å². The van der Waals surface area contributed by atoms with Gasteiger partial charge in [-0.05, 0) is 43.2 Å². The third-order valence-electron chi connectivity index (χ3n) is 5.23. The fraction of sp³-hybridized carbons (Fsp3) is 0.286. The second kappa shape index (κ2) is 8.08. The Hall–Kier alpha value is -2.91. The summed E-state index contributed by atoms with van der Waals surface area (Å²) >= 11 is 3.07. The van der Waals surface area contributed by atoms with Crippen LogP contribution in [0.2, 0.25) is 0 Å². The first kappa shape index (κ1) is 19.1. The molecule has 30 heavy (non-hydrogen) atoms. The Morgan fingerprint density at radius 2 is 2.13 bits per heavy atom. The summed E-state index contributed by atoms with van der Waals surface area (Å²) in [6.07, 6.45) is 3.20. The van der Waals surface area contributed by atoms with E-state index in [1.54, 1.807) is 24.7 Å². The van der Waals surface area contributed by atoms with Crippen molar-refractivity contribution in [3.8, 4) is 17.2 Å². The molecule has 1 aromatic carbocycles. The fourth-order valence-electron chi connectivity index (χ4n) is 3.56. The van der Waals surface area contributed by atoms with E-state index in [2.05, 4.69) is 15.2 Å². The van der Waals surface area contributed by atoms with Crippen LogP contribution < -0.4 is 15.0 Å². The van der Waals surface area contributed by atoms with Gasteiger partial charge in [-0.2, -0.15) is 0 Å². The number of carbonyl (C=O) groups is 1. The summed E-state index contributed by atoms with van der Waals surface area (Å²) in [6, 6.07) is 9.61. The van der Waals surface area contributed by atoms with Crippen molar-refractivity contribution < 1.29 is 13.9 Å². The van der Waals surface area contributed by atoms with Gasteiger partial charge < -0.3 is 19.4 Å². The summed E-state index contributed by atoms with van der Waals surface area (Å²) in [4.78, 5) is 24.2. The van der Waals surface area contributed by atoms with Crippen LogP contribution in [0, 0.1) is 5.92 Å². The maximum Gasteiger partial charge on any atom is 0.229 e. The number of furan rings is 1. The first-order chi connectivity index (χ1) is 14.7. The summed E-state index contributed by atoms with van der Waals surface area (Å²) in [5.41, 5.74) is 1.72. The lowest BCUT2D eigenvalue weighted by molar-refractivity contribution is -0.120. The topological polar surface area (TPSA) is 80.5 Å². The smallest absolute Gasteiger partial charge is 0.229 e. The predicted molar refractivity (Wildman–Crippen MR) is 120 cm³/mol. The summed E-state index contributed by atoms with van der Waals surface area (Å²) in [5.74, 6) is 1.55. The maximum absolute atomic E-state index is 12.7. The normalized spacial score (nSPS) is 14.9. The van der Waals surface area contributed by atoms with Crippen LogP contribution >= 0.6 is 22.7 Å². The lowest BCUT2D eigenvalue weighted by atomic mass is 9.96. The quantitative estimate of drug-likeness (QED) is 0.477. The standard InChI is InChI=1S/C21H20N4O3S2/c1-27-14-4-5-15-18(11-14)30-21(23-15)25-8-6-13(7-9-25)19(26)24-20-22-16(12-29-20)17-3-2-10-28-17/h2-5,10-13H,6-9H2,1H3,(H,22,24,26). The lowest BCUT2D eigenvalue weighted by Gasteiger charge is -2.30. The number of thiazole rings is 2. The third-order valence-corrected chi connectivity index (χ3v) is 7.07. The van der Waals surface area contributed by atoms with Gasteiger partial charge in [-0.25, -0.2) is 9.97 Å². The molecule has 154 valence electrons. The van der Waals surface area contributed by atoms with Crippen molar-refractivity contribution in [2.75, 3.05) is 30.4 Å². The number of rotatable bonds is 5. The molecular weight excluding hydrogens is 420 g/mol. The van der Waals surface area contributed by atoms with E-state index in [0.717, 1.165) is 52.7 Å².